The van der Waals surface area contributed by atoms with Gasteiger partial charge in [-0.15, -0.1) is 0 Å². The molecule has 1 N–H and O–H groups in total. The second-order valence-electron chi connectivity index (χ2n) is 4.26. The molecule has 2 aromatic rings. The van der Waals surface area contributed by atoms with Gasteiger partial charge in [-0.25, -0.2) is 0 Å². The van der Waals surface area contributed by atoms with Crippen LogP contribution < -0.4 is 4.74 Å². The second-order valence-corrected chi connectivity index (χ2v) is 4.67. The predicted octanol–water partition coefficient (Wildman–Crippen LogP) is 4.24. The molecule has 0 radical (unpaired) electrons. The summed E-state index contributed by atoms with van der Waals surface area (Å²) in [5.74, 6) is 1.45. The van der Waals surface area contributed by atoms with Crippen LogP contribution in [0.5, 0.6) is 11.5 Å². The summed E-state index contributed by atoms with van der Waals surface area (Å²) >= 11 is 6.01. The Morgan fingerprint density at radius 1 is 1.00 bits per heavy atom. The molecule has 2 nitrogen and oxygen atoms in total. The van der Waals surface area contributed by atoms with Crippen molar-refractivity contribution in [3.05, 3.63) is 58.1 Å². The van der Waals surface area contributed by atoms with Crippen LogP contribution in [0.25, 0.3) is 0 Å². The third-order valence-electron chi connectivity index (χ3n) is 2.91. The average Bonchev–Trinajstić information content (AvgIpc) is 2.34. The van der Waals surface area contributed by atoms with E-state index in [-0.39, 0.29) is 6.61 Å². The zero-order valence-electron chi connectivity index (χ0n) is 10.4. The summed E-state index contributed by atoms with van der Waals surface area (Å²) in [6, 6.07) is 11.2. The summed E-state index contributed by atoms with van der Waals surface area (Å²) in [5, 5.41) is 9.55. The molecule has 0 fully saturated rings. The maximum absolute atomic E-state index is 9.04. The number of halogens is 1. The van der Waals surface area contributed by atoms with Crippen LogP contribution >= 0.6 is 11.6 Å². The fourth-order valence-electron chi connectivity index (χ4n) is 1.63. The number of aliphatic hydroxyl groups excluding tert-OH is 1. The lowest BCUT2D eigenvalue weighted by molar-refractivity contribution is 0.282. The maximum atomic E-state index is 9.04. The molecule has 94 valence electrons. The van der Waals surface area contributed by atoms with Gasteiger partial charge in [0.2, 0.25) is 0 Å². The van der Waals surface area contributed by atoms with Gasteiger partial charge in [-0.05, 0) is 54.8 Å². The first-order valence-corrected chi connectivity index (χ1v) is 6.12. The van der Waals surface area contributed by atoms with E-state index in [1.165, 1.54) is 11.1 Å². The van der Waals surface area contributed by atoms with Crippen molar-refractivity contribution in [1.82, 2.24) is 0 Å². The Morgan fingerprint density at radius 2 is 1.67 bits per heavy atom. The minimum absolute atomic E-state index is 0.0667. The van der Waals surface area contributed by atoms with Crippen LogP contribution in [0.15, 0.2) is 36.4 Å². The van der Waals surface area contributed by atoms with Gasteiger partial charge in [0.15, 0.2) is 0 Å². The van der Waals surface area contributed by atoms with E-state index in [9.17, 15) is 0 Å². The number of aryl methyl sites for hydroxylation is 2. The first-order chi connectivity index (χ1) is 8.60. The number of hydrogen-bond acceptors (Lipinski definition) is 2. The topological polar surface area (TPSA) is 29.5 Å². The summed E-state index contributed by atoms with van der Waals surface area (Å²) in [6.07, 6.45) is 0. The zero-order chi connectivity index (χ0) is 13.1. The molecule has 0 spiro atoms. The Morgan fingerprint density at radius 3 is 2.28 bits per heavy atom. The molecule has 18 heavy (non-hydrogen) atoms. The lowest BCUT2D eigenvalue weighted by Crippen LogP contribution is -1.89. The highest BCUT2D eigenvalue weighted by atomic mass is 35.5. The van der Waals surface area contributed by atoms with Crippen molar-refractivity contribution in [3.63, 3.8) is 0 Å². The third-order valence-corrected chi connectivity index (χ3v) is 3.26. The molecular formula is C15H15ClO2. The predicted molar refractivity (Wildman–Crippen MR) is 73.4 cm³/mol. The molecule has 0 atom stereocenters. The van der Waals surface area contributed by atoms with Crippen LogP contribution in [0.3, 0.4) is 0 Å². The van der Waals surface area contributed by atoms with Crippen LogP contribution in [0.4, 0.5) is 0 Å². The molecule has 0 saturated heterocycles. The van der Waals surface area contributed by atoms with E-state index in [2.05, 4.69) is 6.92 Å². The first kappa shape index (κ1) is 12.9. The Kier molecular flexibility index (Phi) is 3.90. The molecule has 0 saturated carbocycles. The van der Waals surface area contributed by atoms with Gasteiger partial charge in [0.1, 0.15) is 11.5 Å². The van der Waals surface area contributed by atoms with Crippen LogP contribution in [0.1, 0.15) is 16.7 Å². The summed E-state index contributed by atoms with van der Waals surface area (Å²) in [7, 11) is 0. The third kappa shape index (κ3) is 2.84. The Hall–Kier alpha value is -1.51. The van der Waals surface area contributed by atoms with E-state index in [0.717, 1.165) is 5.75 Å². The van der Waals surface area contributed by atoms with Gasteiger partial charge in [-0.2, -0.15) is 0 Å². The maximum Gasteiger partial charge on any atom is 0.128 e. The van der Waals surface area contributed by atoms with Gasteiger partial charge in [-0.1, -0.05) is 23.7 Å². The number of hydrogen-bond donors (Lipinski definition) is 1. The van der Waals surface area contributed by atoms with Crippen LogP contribution in [-0.2, 0) is 6.61 Å². The van der Waals surface area contributed by atoms with E-state index in [1.54, 1.807) is 18.2 Å². The molecule has 0 aliphatic rings. The first-order valence-electron chi connectivity index (χ1n) is 5.74. The number of ether oxygens (including phenoxy) is 1. The molecule has 0 unspecified atom stereocenters. The van der Waals surface area contributed by atoms with Crippen molar-refractivity contribution >= 4 is 11.6 Å². The van der Waals surface area contributed by atoms with Gasteiger partial charge < -0.3 is 9.84 Å². The fourth-order valence-corrected chi connectivity index (χ4v) is 1.86. The van der Waals surface area contributed by atoms with Crippen LogP contribution in [0.2, 0.25) is 5.02 Å². The van der Waals surface area contributed by atoms with Gasteiger partial charge in [-0.3, -0.25) is 0 Å². The smallest absolute Gasteiger partial charge is 0.128 e. The molecule has 0 heterocycles. The molecule has 3 heteroatoms. The van der Waals surface area contributed by atoms with Gasteiger partial charge in [0.25, 0.3) is 0 Å². The van der Waals surface area contributed by atoms with Crippen molar-refractivity contribution in [1.29, 1.82) is 0 Å². The molecule has 0 bridgehead atoms. The quantitative estimate of drug-likeness (QED) is 0.896. The summed E-state index contributed by atoms with van der Waals surface area (Å²) in [4.78, 5) is 0. The molecular weight excluding hydrogens is 248 g/mol. The Bertz CT molecular complexity index is 564. The van der Waals surface area contributed by atoms with Crippen molar-refractivity contribution in [3.8, 4) is 11.5 Å². The summed E-state index contributed by atoms with van der Waals surface area (Å²) < 4.78 is 5.73. The standard InChI is InChI=1S/C15H15ClO2/c1-10-3-5-13(7-11(10)2)18-14-6-4-12(9-17)15(16)8-14/h3-8,17H,9H2,1-2H3. The molecule has 0 aliphatic heterocycles. The Balaban J connectivity index is 2.23. The lowest BCUT2D eigenvalue weighted by Gasteiger charge is -2.09. The van der Waals surface area contributed by atoms with E-state index in [4.69, 9.17) is 21.4 Å². The highest BCUT2D eigenvalue weighted by molar-refractivity contribution is 6.31. The van der Waals surface area contributed by atoms with Crippen molar-refractivity contribution in [2.24, 2.45) is 0 Å². The molecule has 2 aromatic carbocycles. The van der Waals surface area contributed by atoms with Gasteiger partial charge in [0, 0.05) is 5.02 Å². The minimum Gasteiger partial charge on any atom is -0.457 e. The van der Waals surface area contributed by atoms with E-state index < -0.39 is 0 Å². The van der Waals surface area contributed by atoms with E-state index >= 15 is 0 Å². The van der Waals surface area contributed by atoms with Crippen molar-refractivity contribution in [2.45, 2.75) is 20.5 Å². The van der Waals surface area contributed by atoms with Crippen molar-refractivity contribution in [2.75, 3.05) is 0 Å². The molecule has 0 aromatic heterocycles. The largest absolute Gasteiger partial charge is 0.457 e. The molecule has 0 amide bonds. The van der Waals surface area contributed by atoms with E-state index in [0.29, 0.717) is 16.3 Å². The number of rotatable bonds is 3. The zero-order valence-corrected chi connectivity index (χ0v) is 11.2. The normalized spacial score (nSPS) is 10.4. The second kappa shape index (κ2) is 5.42. The number of aliphatic hydroxyl groups is 1. The van der Waals surface area contributed by atoms with Gasteiger partial charge in [0.05, 0.1) is 6.61 Å². The Labute approximate surface area is 112 Å². The summed E-state index contributed by atoms with van der Waals surface area (Å²) in [6.45, 7) is 4.04. The minimum atomic E-state index is -0.0667. The average molecular weight is 263 g/mol. The lowest BCUT2D eigenvalue weighted by atomic mass is 10.1. The molecule has 2 rings (SSSR count). The highest BCUT2D eigenvalue weighted by Gasteiger charge is 2.03. The highest BCUT2D eigenvalue weighted by Crippen LogP contribution is 2.27. The monoisotopic (exact) mass is 262 g/mol. The fraction of sp³-hybridized carbons (Fsp3) is 0.200. The van der Waals surface area contributed by atoms with Gasteiger partial charge >= 0.3 is 0 Å². The summed E-state index contributed by atoms with van der Waals surface area (Å²) in [5.41, 5.74) is 3.12. The van der Waals surface area contributed by atoms with Crippen molar-refractivity contribution < 1.29 is 9.84 Å². The van der Waals surface area contributed by atoms with Crippen LogP contribution in [-0.4, -0.2) is 5.11 Å². The SMILES string of the molecule is Cc1ccc(Oc2ccc(CO)c(Cl)c2)cc1C. The van der Waals surface area contributed by atoms with E-state index in [1.807, 2.05) is 25.1 Å². The number of benzene rings is 2. The van der Waals surface area contributed by atoms with Crippen LogP contribution in [0, 0.1) is 13.8 Å². The molecule has 0 aliphatic carbocycles.